The Morgan fingerprint density at radius 1 is 1.41 bits per heavy atom. The highest BCUT2D eigenvalue weighted by atomic mass is 35.5. The van der Waals surface area contributed by atoms with Gasteiger partial charge in [0.05, 0.1) is 23.7 Å². The molecule has 0 aliphatic carbocycles. The summed E-state index contributed by atoms with van der Waals surface area (Å²) >= 11 is 5.87. The van der Waals surface area contributed by atoms with Crippen LogP contribution in [0.1, 0.15) is 5.56 Å². The predicted molar refractivity (Wildman–Crippen MR) is 68.3 cm³/mol. The highest BCUT2D eigenvalue weighted by Crippen LogP contribution is 2.24. The Morgan fingerprint density at radius 2 is 2.12 bits per heavy atom. The van der Waals surface area contributed by atoms with E-state index < -0.39 is 22.0 Å². The molecular weight excluding hydrogens is 262 g/mol. The minimum Gasteiger partial charge on any atom is -0.390 e. The molecule has 4 nitrogen and oxygen atoms in total. The molecular formula is C11H14ClNO3S. The molecule has 1 saturated heterocycles. The van der Waals surface area contributed by atoms with Gasteiger partial charge in [-0.2, -0.15) is 0 Å². The lowest BCUT2D eigenvalue weighted by Gasteiger charge is -2.18. The molecule has 1 aromatic carbocycles. The number of aliphatic hydroxyl groups is 1. The molecule has 0 radical (unpaired) electrons. The smallest absolute Gasteiger partial charge is 0.155 e. The number of nitrogens with one attached hydrogen (secondary N) is 1. The van der Waals surface area contributed by atoms with Crippen molar-refractivity contribution >= 4 is 27.1 Å². The fourth-order valence-electron chi connectivity index (χ4n) is 1.92. The van der Waals surface area contributed by atoms with Gasteiger partial charge in [-0.25, -0.2) is 8.42 Å². The molecule has 17 heavy (non-hydrogen) atoms. The fourth-order valence-corrected chi connectivity index (χ4v) is 3.83. The van der Waals surface area contributed by atoms with Crippen molar-refractivity contribution in [3.8, 4) is 0 Å². The largest absolute Gasteiger partial charge is 0.390 e. The molecule has 0 bridgehead atoms. The Balaban J connectivity index is 2.19. The van der Waals surface area contributed by atoms with Crippen molar-refractivity contribution < 1.29 is 13.5 Å². The third kappa shape index (κ3) is 2.91. The summed E-state index contributed by atoms with van der Waals surface area (Å²) in [6.07, 6.45) is -0.863. The molecule has 2 atom stereocenters. The van der Waals surface area contributed by atoms with Gasteiger partial charge in [0.15, 0.2) is 9.84 Å². The third-order valence-electron chi connectivity index (χ3n) is 2.86. The molecule has 0 saturated carbocycles. The van der Waals surface area contributed by atoms with Crippen LogP contribution in [0.25, 0.3) is 0 Å². The Kier molecular flexibility index (Phi) is 3.34. The Morgan fingerprint density at radius 3 is 2.71 bits per heavy atom. The number of hydrogen-bond acceptors (Lipinski definition) is 4. The predicted octanol–water partition coefficient (Wildman–Crippen LogP) is 1.22. The van der Waals surface area contributed by atoms with Gasteiger partial charge >= 0.3 is 0 Å². The van der Waals surface area contributed by atoms with Crippen LogP contribution in [-0.4, -0.2) is 37.2 Å². The van der Waals surface area contributed by atoms with Crippen molar-refractivity contribution in [2.75, 3.05) is 16.8 Å². The van der Waals surface area contributed by atoms with Gasteiger partial charge in [-0.15, -0.1) is 0 Å². The summed E-state index contributed by atoms with van der Waals surface area (Å²) in [5, 5.41) is 13.3. The lowest BCUT2D eigenvalue weighted by atomic mass is 10.1. The first kappa shape index (κ1) is 12.7. The van der Waals surface area contributed by atoms with E-state index in [9.17, 15) is 13.5 Å². The minimum atomic E-state index is -3.13. The normalized spacial score (nSPS) is 27.0. The molecule has 0 aromatic heterocycles. The first-order valence-electron chi connectivity index (χ1n) is 5.28. The van der Waals surface area contributed by atoms with Crippen LogP contribution in [0.15, 0.2) is 18.2 Å². The number of rotatable bonds is 2. The number of hydrogen-bond donors (Lipinski definition) is 2. The lowest BCUT2D eigenvalue weighted by molar-refractivity contribution is 0.190. The van der Waals surface area contributed by atoms with Crippen molar-refractivity contribution in [2.45, 2.75) is 19.1 Å². The van der Waals surface area contributed by atoms with Crippen LogP contribution >= 0.6 is 11.6 Å². The van der Waals surface area contributed by atoms with E-state index >= 15 is 0 Å². The maximum absolute atomic E-state index is 11.4. The number of benzene rings is 1. The van der Waals surface area contributed by atoms with Crippen LogP contribution in [0.3, 0.4) is 0 Å². The Labute approximate surface area is 106 Å². The topological polar surface area (TPSA) is 66.4 Å². The monoisotopic (exact) mass is 275 g/mol. The Hall–Kier alpha value is -0.780. The van der Waals surface area contributed by atoms with Gasteiger partial charge in [0.2, 0.25) is 0 Å². The van der Waals surface area contributed by atoms with Crippen LogP contribution in [0.5, 0.6) is 0 Å². The van der Waals surface area contributed by atoms with E-state index in [4.69, 9.17) is 11.6 Å². The number of halogens is 1. The molecule has 0 amide bonds. The molecule has 2 unspecified atom stereocenters. The molecule has 6 heteroatoms. The van der Waals surface area contributed by atoms with Crippen molar-refractivity contribution in [1.82, 2.24) is 0 Å². The van der Waals surface area contributed by atoms with Crippen molar-refractivity contribution in [2.24, 2.45) is 0 Å². The molecule has 1 fully saturated rings. The average molecular weight is 276 g/mol. The third-order valence-corrected chi connectivity index (χ3v) is 4.81. The number of aryl methyl sites for hydroxylation is 1. The van der Waals surface area contributed by atoms with Gasteiger partial charge < -0.3 is 10.4 Å². The second-order valence-corrected chi connectivity index (χ2v) is 6.94. The summed E-state index contributed by atoms with van der Waals surface area (Å²) in [7, 11) is -3.13. The van der Waals surface area contributed by atoms with E-state index in [2.05, 4.69) is 5.32 Å². The van der Waals surface area contributed by atoms with E-state index in [0.717, 1.165) is 11.3 Å². The van der Waals surface area contributed by atoms with Gasteiger partial charge in [-0.1, -0.05) is 17.7 Å². The van der Waals surface area contributed by atoms with E-state index in [1.54, 1.807) is 12.1 Å². The van der Waals surface area contributed by atoms with Crippen LogP contribution in [0.2, 0.25) is 5.02 Å². The summed E-state index contributed by atoms with van der Waals surface area (Å²) in [6.45, 7) is 1.90. The number of anilines is 1. The van der Waals surface area contributed by atoms with E-state index in [1.165, 1.54) is 0 Å². The Bertz CT molecular complexity index is 530. The van der Waals surface area contributed by atoms with Gasteiger partial charge in [0, 0.05) is 10.7 Å². The lowest BCUT2D eigenvalue weighted by Crippen LogP contribution is -2.32. The standard InChI is InChI=1S/C11H14ClNO3S/c1-7-2-3-8(12)4-9(7)13-10-5-17(15,16)6-11(10)14/h2-4,10-11,13-14H,5-6H2,1H3. The van der Waals surface area contributed by atoms with Crippen LogP contribution < -0.4 is 5.32 Å². The maximum atomic E-state index is 11.4. The summed E-state index contributed by atoms with van der Waals surface area (Å²) in [4.78, 5) is 0. The molecule has 1 aromatic rings. The van der Waals surface area contributed by atoms with Crippen LogP contribution in [0, 0.1) is 6.92 Å². The van der Waals surface area contributed by atoms with E-state index in [0.29, 0.717) is 5.02 Å². The molecule has 1 heterocycles. The zero-order valence-electron chi connectivity index (χ0n) is 9.35. The first-order chi connectivity index (χ1) is 7.87. The van der Waals surface area contributed by atoms with Crippen molar-refractivity contribution in [1.29, 1.82) is 0 Å². The zero-order valence-corrected chi connectivity index (χ0v) is 10.9. The van der Waals surface area contributed by atoms with E-state index in [1.807, 2.05) is 13.0 Å². The number of sulfone groups is 1. The van der Waals surface area contributed by atoms with Crippen LogP contribution in [-0.2, 0) is 9.84 Å². The number of aliphatic hydroxyl groups excluding tert-OH is 1. The molecule has 94 valence electrons. The summed E-state index contributed by atoms with van der Waals surface area (Å²) in [5.41, 5.74) is 1.73. The second kappa shape index (κ2) is 4.48. The molecule has 0 spiro atoms. The van der Waals surface area contributed by atoms with Gasteiger partial charge in [0.1, 0.15) is 0 Å². The van der Waals surface area contributed by atoms with E-state index in [-0.39, 0.29) is 11.5 Å². The molecule has 2 rings (SSSR count). The second-order valence-electron chi connectivity index (χ2n) is 4.35. The SMILES string of the molecule is Cc1ccc(Cl)cc1NC1CS(=O)(=O)CC1O. The highest BCUT2D eigenvalue weighted by Gasteiger charge is 2.36. The highest BCUT2D eigenvalue weighted by molar-refractivity contribution is 7.91. The minimum absolute atomic E-state index is 0.0415. The zero-order chi connectivity index (χ0) is 12.6. The first-order valence-corrected chi connectivity index (χ1v) is 7.48. The van der Waals surface area contributed by atoms with Gasteiger partial charge in [-0.3, -0.25) is 0 Å². The van der Waals surface area contributed by atoms with Crippen LogP contribution in [0.4, 0.5) is 5.69 Å². The van der Waals surface area contributed by atoms with Gasteiger partial charge in [-0.05, 0) is 24.6 Å². The fraction of sp³-hybridized carbons (Fsp3) is 0.455. The van der Waals surface area contributed by atoms with Crippen molar-refractivity contribution in [3.05, 3.63) is 28.8 Å². The summed E-state index contributed by atoms with van der Waals surface area (Å²) in [6, 6.07) is 4.89. The molecule has 1 aliphatic heterocycles. The maximum Gasteiger partial charge on any atom is 0.155 e. The van der Waals surface area contributed by atoms with Crippen molar-refractivity contribution in [3.63, 3.8) is 0 Å². The van der Waals surface area contributed by atoms with Gasteiger partial charge in [0.25, 0.3) is 0 Å². The quantitative estimate of drug-likeness (QED) is 0.852. The molecule has 1 aliphatic rings. The summed E-state index contributed by atoms with van der Waals surface area (Å²) < 4.78 is 22.7. The average Bonchev–Trinajstić information content (AvgIpc) is 2.46. The summed E-state index contributed by atoms with van der Waals surface area (Å²) in [5.74, 6) is -0.218. The molecule has 2 N–H and O–H groups in total.